The number of hydrogen-bond donors (Lipinski definition) is 2. The number of carboxylic acid groups (broad SMARTS) is 1. The first kappa shape index (κ1) is 16.2. The van der Waals surface area contributed by atoms with Gasteiger partial charge < -0.3 is 10.4 Å². The first-order valence-corrected chi connectivity index (χ1v) is 7.80. The number of carboxylic acids is 1. The lowest BCUT2D eigenvalue weighted by Crippen LogP contribution is -2.24. The van der Waals surface area contributed by atoms with Gasteiger partial charge in [0.2, 0.25) is 0 Å². The van der Waals surface area contributed by atoms with Crippen LogP contribution in [-0.4, -0.2) is 17.6 Å². The Morgan fingerprint density at radius 3 is 2.23 bits per heavy atom. The second-order valence-electron chi connectivity index (χ2n) is 5.46. The van der Waals surface area contributed by atoms with E-state index in [0.29, 0.717) is 0 Å². The molecule has 22 heavy (non-hydrogen) atoms. The van der Waals surface area contributed by atoms with E-state index < -0.39 is 5.97 Å². The number of hydrogen-bond acceptors (Lipinski definition) is 2. The van der Waals surface area contributed by atoms with Gasteiger partial charge in [0.1, 0.15) is 0 Å². The Morgan fingerprint density at radius 1 is 0.955 bits per heavy atom. The van der Waals surface area contributed by atoms with Crippen molar-refractivity contribution in [3.05, 3.63) is 71.8 Å². The molecule has 3 nitrogen and oxygen atoms in total. The lowest BCUT2D eigenvalue weighted by Gasteiger charge is -2.19. The SMILES string of the molecule is O=C(O)CCCCNC(Cc1ccccc1)c1ccccc1. The van der Waals surface area contributed by atoms with Crippen LogP contribution in [-0.2, 0) is 11.2 Å². The van der Waals surface area contributed by atoms with E-state index in [0.717, 1.165) is 25.8 Å². The number of rotatable bonds is 9. The fourth-order valence-corrected chi connectivity index (χ4v) is 2.52. The van der Waals surface area contributed by atoms with E-state index in [4.69, 9.17) is 5.11 Å². The predicted octanol–water partition coefficient (Wildman–Crippen LogP) is 3.81. The lowest BCUT2D eigenvalue weighted by atomic mass is 9.98. The van der Waals surface area contributed by atoms with Gasteiger partial charge in [0.05, 0.1) is 0 Å². The van der Waals surface area contributed by atoms with Crippen LogP contribution in [0.3, 0.4) is 0 Å². The molecule has 2 rings (SSSR count). The minimum atomic E-state index is -0.719. The molecule has 0 spiro atoms. The molecule has 1 atom stereocenters. The molecule has 0 aromatic heterocycles. The minimum absolute atomic E-state index is 0.246. The van der Waals surface area contributed by atoms with E-state index in [1.807, 2.05) is 12.1 Å². The van der Waals surface area contributed by atoms with E-state index in [1.165, 1.54) is 11.1 Å². The molecule has 2 aromatic rings. The molecule has 0 aliphatic carbocycles. The molecular formula is C19H23NO2. The summed E-state index contributed by atoms with van der Waals surface area (Å²) in [6, 6.07) is 21.1. The summed E-state index contributed by atoms with van der Waals surface area (Å²) in [6.07, 6.45) is 2.78. The maximum absolute atomic E-state index is 10.5. The molecule has 0 saturated heterocycles. The van der Waals surface area contributed by atoms with Crippen molar-refractivity contribution in [3.63, 3.8) is 0 Å². The molecular weight excluding hydrogens is 274 g/mol. The maximum Gasteiger partial charge on any atom is 0.303 e. The fourth-order valence-electron chi connectivity index (χ4n) is 2.52. The second kappa shape index (κ2) is 9.00. The van der Waals surface area contributed by atoms with Crippen LogP contribution in [0.25, 0.3) is 0 Å². The molecule has 2 aromatic carbocycles. The smallest absolute Gasteiger partial charge is 0.303 e. The molecule has 1 unspecified atom stereocenters. The van der Waals surface area contributed by atoms with Crippen molar-refractivity contribution in [2.75, 3.05) is 6.54 Å². The molecule has 0 bridgehead atoms. The summed E-state index contributed by atoms with van der Waals surface area (Å²) in [5.41, 5.74) is 2.57. The maximum atomic E-state index is 10.5. The van der Waals surface area contributed by atoms with Crippen molar-refractivity contribution >= 4 is 5.97 Å². The number of carbonyl (C=O) groups is 1. The third-order valence-electron chi connectivity index (χ3n) is 3.69. The van der Waals surface area contributed by atoms with Gasteiger partial charge in [-0.3, -0.25) is 4.79 Å². The predicted molar refractivity (Wildman–Crippen MR) is 88.8 cm³/mol. The Kier molecular flexibility index (Phi) is 6.65. The molecule has 116 valence electrons. The monoisotopic (exact) mass is 297 g/mol. The van der Waals surface area contributed by atoms with E-state index in [9.17, 15) is 4.79 Å². The average Bonchev–Trinajstić information content (AvgIpc) is 2.55. The third-order valence-corrected chi connectivity index (χ3v) is 3.69. The van der Waals surface area contributed by atoms with Crippen LogP contribution in [0.4, 0.5) is 0 Å². The zero-order valence-corrected chi connectivity index (χ0v) is 12.7. The number of unbranched alkanes of at least 4 members (excludes halogenated alkanes) is 1. The van der Waals surface area contributed by atoms with Crippen LogP contribution in [0.5, 0.6) is 0 Å². The molecule has 0 radical (unpaired) electrons. The van der Waals surface area contributed by atoms with Gasteiger partial charge in [0.15, 0.2) is 0 Å². The van der Waals surface area contributed by atoms with Gasteiger partial charge in [-0.2, -0.15) is 0 Å². The summed E-state index contributed by atoms with van der Waals surface area (Å²) in [5, 5.41) is 12.2. The van der Waals surface area contributed by atoms with Crippen LogP contribution in [0.15, 0.2) is 60.7 Å². The zero-order valence-electron chi connectivity index (χ0n) is 12.7. The van der Waals surface area contributed by atoms with E-state index in [1.54, 1.807) is 0 Å². The van der Waals surface area contributed by atoms with Crippen LogP contribution in [0.1, 0.15) is 36.4 Å². The van der Waals surface area contributed by atoms with E-state index >= 15 is 0 Å². The molecule has 0 aliphatic rings. The topological polar surface area (TPSA) is 49.3 Å². The van der Waals surface area contributed by atoms with Crippen molar-refractivity contribution in [3.8, 4) is 0 Å². The largest absolute Gasteiger partial charge is 0.481 e. The van der Waals surface area contributed by atoms with Crippen molar-refractivity contribution < 1.29 is 9.90 Å². The first-order chi connectivity index (χ1) is 10.8. The summed E-state index contributed by atoms with van der Waals surface area (Å²) < 4.78 is 0. The highest BCUT2D eigenvalue weighted by molar-refractivity contribution is 5.66. The summed E-state index contributed by atoms with van der Waals surface area (Å²) in [7, 11) is 0. The van der Waals surface area contributed by atoms with Crippen LogP contribution < -0.4 is 5.32 Å². The summed E-state index contributed by atoms with van der Waals surface area (Å²) >= 11 is 0. The number of aliphatic carboxylic acids is 1. The highest BCUT2D eigenvalue weighted by Crippen LogP contribution is 2.18. The van der Waals surface area contributed by atoms with E-state index in [-0.39, 0.29) is 12.5 Å². The third kappa shape index (κ3) is 5.70. The molecule has 0 fully saturated rings. The van der Waals surface area contributed by atoms with Crippen LogP contribution in [0, 0.1) is 0 Å². The Hall–Kier alpha value is -2.13. The lowest BCUT2D eigenvalue weighted by molar-refractivity contribution is -0.137. The van der Waals surface area contributed by atoms with Gasteiger partial charge in [-0.25, -0.2) is 0 Å². The quantitative estimate of drug-likeness (QED) is 0.692. The molecule has 0 heterocycles. The minimum Gasteiger partial charge on any atom is -0.481 e. The fraction of sp³-hybridized carbons (Fsp3) is 0.316. The first-order valence-electron chi connectivity index (χ1n) is 7.80. The van der Waals surface area contributed by atoms with Crippen molar-refractivity contribution in [2.45, 2.75) is 31.7 Å². The molecule has 2 N–H and O–H groups in total. The zero-order chi connectivity index (χ0) is 15.6. The van der Waals surface area contributed by atoms with E-state index in [2.05, 4.69) is 53.8 Å². The van der Waals surface area contributed by atoms with Crippen molar-refractivity contribution in [1.82, 2.24) is 5.32 Å². The van der Waals surface area contributed by atoms with Gasteiger partial charge in [-0.15, -0.1) is 0 Å². The Balaban J connectivity index is 1.92. The second-order valence-corrected chi connectivity index (χ2v) is 5.46. The van der Waals surface area contributed by atoms with Gasteiger partial charge in [0.25, 0.3) is 0 Å². The summed E-state index contributed by atoms with van der Waals surface area (Å²) in [4.78, 5) is 10.5. The molecule has 0 aliphatic heterocycles. The van der Waals surface area contributed by atoms with Crippen molar-refractivity contribution in [2.24, 2.45) is 0 Å². The van der Waals surface area contributed by atoms with Gasteiger partial charge >= 0.3 is 5.97 Å². The summed E-state index contributed by atoms with van der Waals surface area (Å²) in [5.74, 6) is -0.719. The standard InChI is InChI=1S/C19H23NO2/c21-19(22)13-7-8-14-20-18(17-11-5-2-6-12-17)15-16-9-3-1-4-10-16/h1-6,9-12,18,20H,7-8,13-15H2,(H,21,22). The number of nitrogens with one attached hydrogen (secondary N) is 1. The molecule has 0 amide bonds. The Bertz CT molecular complexity index is 554. The van der Waals surface area contributed by atoms with Crippen molar-refractivity contribution in [1.29, 1.82) is 0 Å². The highest BCUT2D eigenvalue weighted by atomic mass is 16.4. The average molecular weight is 297 g/mol. The molecule has 0 saturated carbocycles. The Labute approximate surface area is 132 Å². The van der Waals surface area contributed by atoms with Crippen LogP contribution >= 0.6 is 0 Å². The summed E-state index contributed by atoms with van der Waals surface area (Å²) in [6.45, 7) is 0.833. The molecule has 3 heteroatoms. The van der Waals surface area contributed by atoms with Crippen LogP contribution in [0.2, 0.25) is 0 Å². The normalized spacial score (nSPS) is 12.0. The van der Waals surface area contributed by atoms with Gasteiger partial charge in [-0.05, 0) is 36.9 Å². The number of benzene rings is 2. The van der Waals surface area contributed by atoms with Gasteiger partial charge in [0, 0.05) is 12.5 Å². The Morgan fingerprint density at radius 2 is 1.59 bits per heavy atom. The highest BCUT2D eigenvalue weighted by Gasteiger charge is 2.11. The van der Waals surface area contributed by atoms with Gasteiger partial charge in [-0.1, -0.05) is 60.7 Å².